The molecule has 1 heterocycles. The van der Waals surface area contributed by atoms with Gasteiger partial charge in [0.2, 0.25) is 0 Å². The number of ether oxygens (including phenoxy) is 3. The Morgan fingerprint density at radius 2 is 2.21 bits per heavy atom. The molecule has 19 heavy (non-hydrogen) atoms. The summed E-state index contributed by atoms with van der Waals surface area (Å²) in [6.45, 7) is -0.0478. The molecule has 0 aromatic heterocycles. The van der Waals surface area contributed by atoms with Gasteiger partial charge in [0.1, 0.15) is 6.10 Å². The fraction of sp³-hybridized carbons (Fsp3) is 0.538. The summed E-state index contributed by atoms with van der Waals surface area (Å²) in [6.07, 6.45) is 6.37. The number of esters is 1. The molecule has 106 valence electrons. The molecule has 1 rings (SSSR count). The fourth-order valence-electron chi connectivity index (χ4n) is 1.65. The number of methoxy groups -OCH3 is 1. The monoisotopic (exact) mass is 270 g/mol. The van der Waals surface area contributed by atoms with E-state index in [1.165, 1.54) is 7.11 Å². The number of carbonyl (C=O) groups excluding carboxylic acids is 2. The first-order valence-corrected chi connectivity index (χ1v) is 6.05. The molecular weight excluding hydrogens is 252 g/mol. The van der Waals surface area contributed by atoms with Crippen molar-refractivity contribution in [2.24, 2.45) is 0 Å². The van der Waals surface area contributed by atoms with Crippen molar-refractivity contribution < 1.29 is 28.9 Å². The van der Waals surface area contributed by atoms with Crippen molar-refractivity contribution in [3.63, 3.8) is 0 Å². The first kappa shape index (κ1) is 15.2. The molecule has 1 N–H and O–H groups in total. The summed E-state index contributed by atoms with van der Waals surface area (Å²) in [7, 11) is 1.33. The number of aliphatic hydroxyl groups excluding tert-OH is 1. The van der Waals surface area contributed by atoms with Gasteiger partial charge in [0.05, 0.1) is 13.7 Å². The molecule has 1 fully saturated rings. The highest BCUT2D eigenvalue weighted by molar-refractivity contribution is 5.69. The van der Waals surface area contributed by atoms with Crippen LogP contribution in [0.1, 0.15) is 19.3 Å². The highest BCUT2D eigenvalue weighted by Crippen LogP contribution is 2.21. The zero-order valence-corrected chi connectivity index (χ0v) is 10.8. The van der Waals surface area contributed by atoms with Gasteiger partial charge < -0.3 is 19.3 Å². The van der Waals surface area contributed by atoms with Crippen LogP contribution in [0.25, 0.3) is 0 Å². The molecule has 0 radical (unpaired) electrons. The second-order valence-electron chi connectivity index (χ2n) is 3.95. The van der Waals surface area contributed by atoms with Crippen LogP contribution in [-0.2, 0) is 19.0 Å². The van der Waals surface area contributed by atoms with Gasteiger partial charge in [-0.1, -0.05) is 18.2 Å². The van der Waals surface area contributed by atoms with Crippen LogP contribution in [-0.4, -0.2) is 43.2 Å². The van der Waals surface area contributed by atoms with Gasteiger partial charge in [-0.25, -0.2) is 4.79 Å². The van der Waals surface area contributed by atoms with Crippen LogP contribution in [0.2, 0.25) is 0 Å². The number of rotatable bonds is 7. The molecule has 0 unspecified atom stereocenters. The Labute approximate surface area is 111 Å². The molecule has 1 aliphatic rings. The van der Waals surface area contributed by atoms with E-state index < -0.39 is 18.4 Å². The van der Waals surface area contributed by atoms with Crippen molar-refractivity contribution in [3.05, 3.63) is 24.3 Å². The molecule has 1 saturated heterocycles. The van der Waals surface area contributed by atoms with Crippen molar-refractivity contribution in [1.82, 2.24) is 0 Å². The third-order valence-corrected chi connectivity index (χ3v) is 2.60. The summed E-state index contributed by atoms with van der Waals surface area (Å²) in [5.74, 6) is -0.289. The summed E-state index contributed by atoms with van der Waals surface area (Å²) in [4.78, 5) is 22.0. The van der Waals surface area contributed by atoms with Gasteiger partial charge in [-0.2, -0.15) is 0 Å². The normalized spacial score (nSPS) is 22.7. The molecule has 0 aromatic carbocycles. The van der Waals surface area contributed by atoms with Gasteiger partial charge >= 0.3 is 12.1 Å². The average Bonchev–Trinajstić information content (AvgIpc) is 2.75. The second kappa shape index (κ2) is 8.31. The largest absolute Gasteiger partial charge is 0.509 e. The Balaban J connectivity index is 2.41. The Morgan fingerprint density at radius 1 is 1.42 bits per heavy atom. The number of hydrogen-bond donors (Lipinski definition) is 1. The van der Waals surface area contributed by atoms with Crippen molar-refractivity contribution in [1.29, 1.82) is 0 Å². The lowest BCUT2D eigenvalue weighted by Gasteiger charge is -2.11. The van der Waals surface area contributed by atoms with Gasteiger partial charge in [-0.15, -0.1) is 0 Å². The molecule has 0 amide bonds. The number of cyclic esters (lactones) is 2. The van der Waals surface area contributed by atoms with Crippen LogP contribution >= 0.6 is 0 Å². The van der Waals surface area contributed by atoms with Gasteiger partial charge in [-0.3, -0.25) is 4.79 Å². The quantitative estimate of drug-likeness (QED) is 0.555. The van der Waals surface area contributed by atoms with Crippen LogP contribution in [0, 0.1) is 0 Å². The minimum absolute atomic E-state index is 0.0478. The molecule has 1 aliphatic heterocycles. The summed E-state index contributed by atoms with van der Waals surface area (Å²) < 4.78 is 14.5. The Hall–Kier alpha value is -1.82. The lowest BCUT2D eigenvalue weighted by atomic mass is 10.1. The zero-order chi connectivity index (χ0) is 14.1. The summed E-state index contributed by atoms with van der Waals surface area (Å²) in [5.41, 5.74) is 0. The van der Waals surface area contributed by atoms with Crippen LogP contribution < -0.4 is 0 Å². The maximum Gasteiger partial charge on any atom is 0.509 e. The standard InChI is InChI=1S/C13H18O6/c1-17-12(15)8-5-7-11-10(18-13(16)19-11)6-3-2-4-9-14/h2-4,6,10-11,14H,5,7-9H2,1H3/b4-2+,6-3+/t10-,11+/m0/s1. The SMILES string of the molecule is COC(=O)CCC[C@H]1OC(=O)O[C@H]1/C=C/C=C/CO. The predicted octanol–water partition coefficient (Wildman–Crippen LogP) is 1.34. The lowest BCUT2D eigenvalue weighted by molar-refractivity contribution is -0.140. The molecule has 0 saturated carbocycles. The lowest BCUT2D eigenvalue weighted by Crippen LogP contribution is -2.20. The first-order valence-electron chi connectivity index (χ1n) is 6.05. The maximum atomic E-state index is 11.1. The topological polar surface area (TPSA) is 82.1 Å². The fourth-order valence-corrected chi connectivity index (χ4v) is 1.65. The van der Waals surface area contributed by atoms with Crippen LogP contribution in [0.3, 0.4) is 0 Å². The minimum Gasteiger partial charge on any atom is -0.469 e. The van der Waals surface area contributed by atoms with E-state index in [0.29, 0.717) is 12.8 Å². The van der Waals surface area contributed by atoms with E-state index in [0.717, 1.165) is 0 Å². The maximum absolute atomic E-state index is 11.1. The van der Waals surface area contributed by atoms with E-state index in [2.05, 4.69) is 4.74 Å². The van der Waals surface area contributed by atoms with E-state index in [4.69, 9.17) is 14.6 Å². The van der Waals surface area contributed by atoms with E-state index in [-0.39, 0.29) is 19.0 Å². The second-order valence-corrected chi connectivity index (χ2v) is 3.95. The summed E-state index contributed by atoms with van der Waals surface area (Å²) in [6, 6.07) is 0. The van der Waals surface area contributed by atoms with Gasteiger partial charge in [0, 0.05) is 6.42 Å². The third kappa shape index (κ3) is 5.56. The smallest absolute Gasteiger partial charge is 0.469 e. The molecule has 0 aromatic rings. The molecule has 0 aliphatic carbocycles. The van der Waals surface area contributed by atoms with E-state index in [9.17, 15) is 9.59 Å². The van der Waals surface area contributed by atoms with Crippen LogP contribution in [0.4, 0.5) is 4.79 Å². The van der Waals surface area contributed by atoms with Crippen LogP contribution in [0.5, 0.6) is 0 Å². The molecule has 0 spiro atoms. The first-order chi connectivity index (χ1) is 9.17. The Morgan fingerprint density at radius 3 is 2.89 bits per heavy atom. The third-order valence-electron chi connectivity index (χ3n) is 2.60. The van der Waals surface area contributed by atoms with Crippen LogP contribution in [0.15, 0.2) is 24.3 Å². The summed E-state index contributed by atoms with van der Waals surface area (Å²) in [5, 5.41) is 8.57. The molecule has 6 nitrogen and oxygen atoms in total. The number of hydrogen-bond acceptors (Lipinski definition) is 6. The van der Waals surface area contributed by atoms with Crippen molar-refractivity contribution in [3.8, 4) is 0 Å². The number of carbonyl (C=O) groups is 2. The Kier molecular flexibility index (Phi) is 6.67. The minimum atomic E-state index is -0.705. The molecule has 2 atom stereocenters. The molecule has 0 bridgehead atoms. The number of allylic oxidation sites excluding steroid dienone is 2. The zero-order valence-electron chi connectivity index (χ0n) is 10.8. The van der Waals surface area contributed by atoms with Gasteiger partial charge in [0.25, 0.3) is 0 Å². The highest BCUT2D eigenvalue weighted by atomic mass is 16.8. The Bertz CT molecular complexity index is 360. The highest BCUT2D eigenvalue weighted by Gasteiger charge is 2.34. The molecule has 6 heteroatoms. The van der Waals surface area contributed by atoms with E-state index in [1.807, 2.05) is 0 Å². The van der Waals surface area contributed by atoms with Crippen molar-refractivity contribution in [2.45, 2.75) is 31.5 Å². The van der Waals surface area contributed by atoms with Gasteiger partial charge in [0.15, 0.2) is 6.10 Å². The molecular formula is C13H18O6. The van der Waals surface area contributed by atoms with Crippen molar-refractivity contribution in [2.75, 3.05) is 13.7 Å². The number of aliphatic hydroxyl groups is 1. The predicted molar refractivity (Wildman–Crippen MR) is 66.4 cm³/mol. The van der Waals surface area contributed by atoms with Crippen molar-refractivity contribution >= 4 is 12.1 Å². The van der Waals surface area contributed by atoms with E-state index >= 15 is 0 Å². The summed E-state index contributed by atoms with van der Waals surface area (Å²) >= 11 is 0. The van der Waals surface area contributed by atoms with E-state index in [1.54, 1.807) is 24.3 Å². The van der Waals surface area contributed by atoms with Gasteiger partial charge in [-0.05, 0) is 18.9 Å². The average molecular weight is 270 g/mol.